The Bertz CT molecular complexity index is 591. The van der Waals surface area contributed by atoms with Crippen molar-refractivity contribution >= 4 is 0 Å². The lowest BCUT2D eigenvalue weighted by molar-refractivity contribution is 0.0774. The van der Waals surface area contributed by atoms with Gasteiger partial charge in [-0.15, -0.1) is 0 Å². The predicted octanol–water partition coefficient (Wildman–Crippen LogP) is 4.09. The van der Waals surface area contributed by atoms with Crippen LogP contribution in [-0.2, 0) is 6.42 Å². The van der Waals surface area contributed by atoms with Crippen LogP contribution < -0.4 is 0 Å². The van der Waals surface area contributed by atoms with Crippen LogP contribution in [0.4, 0.5) is 4.39 Å². The lowest BCUT2D eigenvalue weighted by Gasteiger charge is -2.26. The van der Waals surface area contributed by atoms with Crippen LogP contribution in [0.2, 0.25) is 0 Å². The summed E-state index contributed by atoms with van der Waals surface area (Å²) in [6, 6.07) is 5.08. The van der Waals surface area contributed by atoms with Crippen LogP contribution in [0.15, 0.2) is 30.7 Å². The molecule has 4 heteroatoms. The lowest BCUT2D eigenvalue weighted by atomic mass is 9.83. The predicted molar refractivity (Wildman–Crippen MR) is 84.9 cm³/mol. The van der Waals surface area contributed by atoms with E-state index in [0.717, 1.165) is 24.1 Å². The summed E-state index contributed by atoms with van der Waals surface area (Å²) < 4.78 is 14.2. The summed E-state index contributed by atoms with van der Waals surface area (Å²) in [6.07, 6.45) is 10.1. The summed E-state index contributed by atoms with van der Waals surface area (Å²) in [7, 11) is 0. The summed E-state index contributed by atoms with van der Waals surface area (Å²) >= 11 is 0. The standard InChI is InChI=1S/C18H23FN2O/c19-16-8-4-7-15(17-11-20-12-21-17)14(16)9-10-18(22)13-5-2-1-3-6-13/h4,7-8,11-13,18,22H,1-3,5-6,9-10H2,(H,20,21). The number of H-pyrrole nitrogens is 1. The number of halogens is 1. The third kappa shape index (κ3) is 3.38. The van der Waals surface area contributed by atoms with Gasteiger partial charge in [0.1, 0.15) is 5.82 Å². The number of hydrogen-bond acceptors (Lipinski definition) is 2. The maximum atomic E-state index is 14.2. The molecule has 22 heavy (non-hydrogen) atoms. The molecule has 1 saturated carbocycles. The van der Waals surface area contributed by atoms with Crippen LogP contribution in [0, 0.1) is 11.7 Å². The van der Waals surface area contributed by atoms with E-state index in [9.17, 15) is 9.50 Å². The van der Waals surface area contributed by atoms with Crippen molar-refractivity contribution in [2.45, 2.75) is 51.0 Å². The normalized spacial score (nSPS) is 17.5. The Morgan fingerprint density at radius 1 is 1.27 bits per heavy atom. The minimum atomic E-state index is -0.327. The third-order valence-electron chi connectivity index (χ3n) is 4.78. The molecule has 2 N–H and O–H groups in total. The van der Waals surface area contributed by atoms with E-state index in [2.05, 4.69) is 9.97 Å². The van der Waals surface area contributed by atoms with Gasteiger partial charge < -0.3 is 10.1 Å². The Hall–Kier alpha value is -1.68. The molecule has 1 atom stereocenters. The number of nitrogens with one attached hydrogen (secondary N) is 1. The van der Waals surface area contributed by atoms with Crippen molar-refractivity contribution in [3.63, 3.8) is 0 Å². The largest absolute Gasteiger partial charge is 0.393 e. The van der Waals surface area contributed by atoms with Crippen molar-refractivity contribution < 1.29 is 9.50 Å². The summed E-state index contributed by atoms with van der Waals surface area (Å²) in [5.41, 5.74) is 2.23. The highest BCUT2D eigenvalue weighted by atomic mass is 19.1. The zero-order valence-corrected chi connectivity index (χ0v) is 12.8. The number of benzene rings is 1. The van der Waals surface area contributed by atoms with Crippen molar-refractivity contribution in [3.8, 4) is 11.3 Å². The fourth-order valence-electron chi connectivity index (χ4n) is 3.51. The quantitative estimate of drug-likeness (QED) is 0.874. The van der Waals surface area contributed by atoms with Crippen molar-refractivity contribution in [1.29, 1.82) is 0 Å². The molecule has 118 valence electrons. The molecule has 1 aromatic heterocycles. The van der Waals surface area contributed by atoms with Gasteiger partial charge in [-0.1, -0.05) is 31.4 Å². The number of nitrogens with zero attached hydrogens (tertiary/aromatic N) is 1. The van der Waals surface area contributed by atoms with Crippen LogP contribution in [0.1, 0.15) is 44.1 Å². The fraction of sp³-hybridized carbons (Fsp3) is 0.500. The van der Waals surface area contributed by atoms with E-state index in [4.69, 9.17) is 0 Å². The second-order valence-corrected chi connectivity index (χ2v) is 6.22. The van der Waals surface area contributed by atoms with Crippen LogP contribution in [0.3, 0.4) is 0 Å². The summed E-state index contributed by atoms with van der Waals surface area (Å²) in [6.45, 7) is 0. The van der Waals surface area contributed by atoms with Gasteiger partial charge in [0.2, 0.25) is 0 Å². The van der Waals surface area contributed by atoms with E-state index in [0.29, 0.717) is 24.3 Å². The van der Waals surface area contributed by atoms with Crippen molar-refractivity contribution in [2.75, 3.05) is 0 Å². The van der Waals surface area contributed by atoms with Gasteiger partial charge in [-0.2, -0.15) is 0 Å². The van der Waals surface area contributed by atoms with E-state index in [-0.39, 0.29) is 11.9 Å². The molecular weight excluding hydrogens is 279 g/mol. The molecule has 0 radical (unpaired) electrons. The molecule has 0 aliphatic heterocycles. The molecule has 1 unspecified atom stereocenters. The van der Waals surface area contributed by atoms with Gasteiger partial charge in [0.25, 0.3) is 0 Å². The highest BCUT2D eigenvalue weighted by Gasteiger charge is 2.22. The second-order valence-electron chi connectivity index (χ2n) is 6.22. The van der Waals surface area contributed by atoms with Crippen LogP contribution in [0.5, 0.6) is 0 Å². The van der Waals surface area contributed by atoms with Gasteiger partial charge in [0.15, 0.2) is 0 Å². The Labute approximate surface area is 130 Å². The molecule has 3 rings (SSSR count). The topological polar surface area (TPSA) is 48.9 Å². The average Bonchev–Trinajstić information content (AvgIpc) is 3.08. The number of aliphatic hydroxyl groups is 1. The zero-order chi connectivity index (χ0) is 15.4. The average molecular weight is 302 g/mol. The fourth-order valence-corrected chi connectivity index (χ4v) is 3.51. The van der Waals surface area contributed by atoms with Gasteiger partial charge in [0.05, 0.1) is 18.1 Å². The smallest absolute Gasteiger partial charge is 0.127 e. The number of imidazole rings is 1. The van der Waals surface area contributed by atoms with Crippen molar-refractivity contribution in [1.82, 2.24) is 9.97 Å². The van der Waals surface area contributed by atoms with E-state index in [1.165, 1.54) is 25.3 Å². The minimum Gasteiger partial charge on any atom is -0.393 e. The summed E-state index contributed by atoms with van der Waals surface area (Å²) in [5.74, 6) is 0.172. The van der Waals surface area contributed by atoms with E-state index >= 15 is 0 Å². The first-order chi connectivity index (χ1) is 10.8. The molecule has 1 aliphatic rings. The number of rotatable bonds is 5. The SMILES string of the molecule is OC(CCc1c(F)cccc1-c1c[nH]cn1)C1CCCCC1. The van der Waals surface area contributed by atoms with Gasteiger partial charge in [-0.3, -0.25) is 0 Å². The van der Waals surface area contributed by atoms with Crippen LogP contribution in [0.25, 0.3) is 11.3 Å². The molecule has 2 aromatic rings. The minimum absolute atomic E-state index is 0.212. The molecule has 0 amide bonds. The van der Waals surface area contributed by atoms with Crippen molar-refractivity contribution in [3.05, 3.63) is 42.1 Å². The van der Waals surface area contributed by atoms with Crippen LogP contribution >= 0.6 is 0 Å². The first-order valence-electron chi connectivity index (χ1n) is 8.20. The van der Waals surface area contributed by atoms with Gasteiger partial charge in [0, 0.05) is 11.8 Å². The molecule has 1 heterocycles. The van der Waals surface area contributed by atoms with E-state index in [1.807, 2.05) is 6.07 Å². The highest BCUT2D eigenvalue weighted by Crippen LogP contribution is 2.30. The summed E-state index contributed by atoms with van der Waals surface area (Å²) in [4.78, 5) is 7.13. The molecule has 0 saturated heterocycles. The zero-order valence-electron chi connectivity index (χ0n) is 12.8. The lowest BCUT2D eigenvalue weighted by Crippen LogP contribution is -2.23. The van der Waals surface area contributed by atoms with Gasteiger partial charge in [-0.25, -0.2) is 9.37 Å². The molecule has 1 aliphatic carbocycles. The first-order valence-corrected chi connectivity index (χ1v) is 8.20. The Balaban J connectivity index is 1.72. The van der Waals surface area contributed by atoms with Gasteiger partial charge in [-0.05, 0) is 43.2 Å². The maximum Gasteiger partial charge on any atom is 0.127 e. The van der Waals surface area contributed by atoms with E-state index in [1.54, 1.807) is 18.6 Å². The molecule has 0 spiro atoms. The maximum absolute atomic E-state index is 14.2. The van der Waals surface area contributed by atoms with Crippen molar-refractivity contribution in [2.24, 2.45) is 5.92 Å². The molecule has 1 fully saturated rings. The number of aromatic amines is 1. The number of aliphatic hydroxyl groups excluding tert-OH is 1. The Morgan fingerprint density at radius 2 is 2.09 bits per heavy atom. The number of hydrogen-bond donors (Lipinski definition) is 2. The molecule has 0 bridgehead atoms. The van der Waals surface area contributed by atoms with Gasteiger partial charge >= 0.3 is 0 Å². The number of aromatic nitrogens is 2. The second kappa shape index (κ2) is 7.05. The molecule has 3 nitrogen and oxygen atoms in total. The molecular formula is C18H23FN2O. The van der Waals surface area contributed by atoms with Crippen LogP contribution in [-0.4, -0.2) is 21.2 Å². The highest BCUT2D eigenvalue weighted by molar-refractivity contribution is 5.63. The first kappa shape index (κ1) is 15.2. The monoisotopic (exact) mass is 302 g/mol. The molecule has 1 aromatic carbocycles. The summed E-state index contributed by atoms with van der Waals surface area (Å²) in [5, 5.41) is 10.4. The Morgan fingerprint density at radius 3 is 2.82 bits per heavy atom. The van der Waals surface area contributed by atoms with E-state index < -0.39 is 0 Å². The third-order valence-corrected chi connectivity index (χ3v) is 4.78. The Kier molecular flexibility index (Phi) is 4.88.